The lowest BCUT2D eigenvalue weighted by molar-refractivity contribution is -0.144. The minimum atomic E-state index is -0.336. The van der Waals surface area contributed by atoms with Gasteiger partial charge in [-0.15, -0.1) is 0 Å². The zero-order valence-corrected chi connectivity index (χ0v) is 14.0. The van der Waals surface area contributed by atoms with Gasteiger partial charge in [-0.3, -0.25) is 4.79 Å². The topological polar surface area (TPSA) is 64.1 Å². The van der Waals surface area contributed by atoms with Gasteiger partial charge in [0.1, 0.15) is 18.0 Å². The molecule has 0 fully saturated rings. The fraction of sp³-hybridized carbons (Fsp3) is 0.211. The van der Waals surface area contributed by atoms with E-state index >= 15 is 0 Å². The average Bonchev–Trinajstić information content (AvgIpc) is 2.63. The number of hydrogen-bond donors (Lipinski definition) is 1. The Labute approximate surface area is 144 Å². The molecule has 1 aromatic heterocycles. The van der Waals surface area contributed by atoms with E-state index in [0.29, 0.717) is 23.1 Å². The molecule has 2 aromatic carbocycles. The smallest absolute Gasteiger partial charge is 0.308 e. The van der Waals surface area contributed by atoms with E-state index in [1.54, 1.807) is 6.07 Å². The number of aromatic nitrogens is 2. The van der Waals surface area contributed by atoms with Crippen molar-refractivity contribution in [3.05, 3.63) is 60.2 Å². The van der Waals surface area contributed by atoms with E-state index in [2.05, 4.69) is 15.3 Å². The van der Waals surface area contributed by atoms with Crippen molar-refractivity contribution in [2.75, 3.05) is 12.4 Å². The molecule has 0 aliphatic carbocycles. The van der Waals surface area contributed by atoms with Gasteiger partial charge in [-0.1, -0.05) is 19.1 Å². The number of esters is 1. The number of hydrogen-bond acceptors (Lipinski definition) is 5. The number of fused-ring (bicyclic) bond motifs is 1. The molecule has 3 aromatic rings. The van der Waals surface area contributed by atoms with Gasteiger partial charge in [0, 0.05) is 11.1 Å². The van der Waals surface area contributed by atoms with Crippen molar-refractivity contribution in [2.45, 2.75) is 13.3 Å². The Morgan fingerprint density at radius 2 is 1.96 bits per heavy atom. The van der Waals surface area contributed by atoms with Gasteiger partial charge in [-0.25, -0.2) is 14.4 Å². The Kier molecular flexibility index (Phi) is 4.88. The van der Waals surface area contributed by atoms with Gasteiger partial charge in [0.15, 0.2) is 0 Å². The molecule has 0 aliphatic rings. The van der Waals surface area contributed by atoms with Crippen LogP contribution in [0.3, 0.4) is 0 Å². The molecule has 128 valence electrons. The van der Waals surface area contributed by atoms with E-state index in [4.69, 9.17) is 4.74 Å². The number of benzene rings is 2. The van der Waals surface area contributed by atoms with Crippen LogP contribution in [0, 0.1) is 11.7 Å². The fourth-order valence-corrected chi connectivity index (χ4v) is 2.63. The minimum absolute atomic E-state index is 0.197. The third kappa shape index (κ3) is 3.91. The molecule has 3 rings (SSSR count). The van der Waals surface area contributed by atoms with Crippen molar-refractivity contribution in [3.8, 4) is 0 Å². The highest BCUT2D eigenvalue weighted by Gasteiger charge is 2.13. The van der Waals surface area contributed by atoms with Gasteiger partial charge < -0.3 is 10.1 Å². The summed E-state index contributed by atoms with van der Waals surface area (Å²) >= 11 is 0. The normalized spacial score (nSPS) is 12.0. The molecule has 0 amide bonds. The van der Waals surface area contributed by atoms with Crippen molar-refractivity contribution in [2.24, 2.45) is 5.92 Å². The van der Waals surface area contributed by atoms with Crippen LogP contribution < -0.4 is 5.32 Å². The average molecular weight is 339 g/mol. The first-order valence-corrected chi connectivity index (χ1v) is 7.91. The van der Waals surface area contributed by atoms with Crippen molar-refractivity contribution >= 4 is 28.4 Å². The lowest BCUT2D eigenvalue weighted by Gasteiger charge is -2.11. The molecule has 6 heteroatoms. The van der Waals surface area contributed by atoms with Crippen LogP contribution in [-0.4, -0.2) is 23.0 Å². The number of rotatable bonds is 5. The van der Waals surface area contributed by atoms with Gasteiger partial charge >= 0.3 is 5.97 Å². The van der Waals surface area contributed by atoms with Crippen LogP contribution in [0.1, 0.15) is 12.5 Å². The summed E-state index contributed by atoms with van der Waals surface area (Å²) in [6, 6.07) is 12.1. The maximum atomic E-state index is 13.5. The maximum absolute atomic E-state index is 13.5. The van der Waals surface area contributed by atoms with E-state index in [1.807, 2.05) is 31.2 Å². The standard InChI is InChI=1S/C19H18FN3O2/c1-12(19(24)25-2)9-13-3-6-15(7-4-13)23-18-16-10-14(20)5-8-17(16)21-11-22-18/h3-8,10-12H,9H2,1-2H3,(H,21,22,23). The molecule has 1 N–H and O–H groups in total. The van der Waals surface area contributed by atoms with Crippen molar-refractivity contribution in [1.82, 2.24) is 9.97 Å². The van der Waals surface area contributed by atoms with Crippen LogP contribution in [0.2, 0.25) is 0 Å². The fourth-order valence-electron chi connectivity index (χ4n) is 2.63. The molecular formula is C19H18FN3O2. The van der Waals surface area contributed by atoms with Crippen molar-refractivity contribution in [1.29, 1.82) is 0 Å². The zero-order valence-electron chi connectivity index (χ0n) is 14.0. The van der Waals surface area contributed by atoms with Gasteiger partial charge in [0.25, 0.3) is 0 Å². The quantitative estimate of drug-likeness (QED) is 0.715. The Hall–Kier alpha value is -3.02. The predicted octanol–water partition coefficient (Wildman–Crippen LogP) is 3.86. The van der Waals surface area contributed by atoms with Crippen molar-refractivity contribution in [3.63, 3.8) is 0 Å². The van der Waals surface area contributed by atoms with Crippen LogP contribution in [-0.2, 0) is 16.0 Å². The number of methoxy groups -OCH3 is 1. The molecule has 0 radical (unpaired) electrons. The highest BCUT2D eigenvalue weighted by molar-refractivity contribution is 5.90. The zero-order chi connectivity index (χ0) is 17.8. The molecule has 25 heavy (non-hydrogen) atoms. The van der Waals surface area contributed by atoms with E-state index in [1.165, 1.54) is 25.6 Å². The lowest BCUT2D eigenvalue weighted by Crippen LogP contribution is -2.15. The molecule has 0 saturated carbocycles. The summed E-state index contributed by atoms with van der Waals surface area (Å²) in [5.74, 6) is -0.216. The van der Waals surface area contributed by atoms with E-state index in [-0.39, 0.29) is 17.7 Å². The summed E-state index contributed by atoms with van der Waals surface area (Å²) in [7, 11) is 1.39. The summed E-state index contributed by atoms with van der Waals surface area (Å²) in [6.45, 7) is 1.83. The summed E-state index contributed by atoms with van der Waals surface area (Å²) in [6.07, 6.45) is 2.05. The molecule has 5 nitrogen and oxygen atoms in total. The highest BCUT2D eigenvalue weighted by atomic mass is 19.1. The van der Waals surface area contributed by atoms with Crippen LogP contribution in [0.4, 0.5) is 15.9 Å². The SMILES string of the molecule is COC(=O)C(C)Cc1ccc(Nc2ncnc3ccc(F)cc23)cc1. The highest BCUT2D eigenvalue weighted by Crippen LogP contribution is 2.24. The first-order valence-electron chi connectivity index (χ1n) is 7.91. The number of carbonyl (C=O) groups excluding carboxylic acids is 1. The number of halogens is 1. The number of nitrogens with zero attached hydrogens (tertiary/aromatic N) is 2. The summed E-state index contributed by atoms with van der Waals surface area (Å²) < 4.78 is 18.2. The van der Waals surface area contributed by atoms with Gasteiger partial charge in [0.2, 0.25) is 0 Å². The second-order valence-electron chi connectivity index (χ2n) is 5.83. The Morgan fingerprint density at radius 3 is 2.68 bits per heavy atom. The van der Waals surface area contributed by atoms with E-state index < -0.39 is 0 Å². The number of anilines is 2. The van der Waals surface area contributed by atoms with Gasteiger partial charge in [0.05, 0.1) is 18.5 Å². The second kappa shape index (κ2) is 7.25. The number of ether oxygens (including phenoxy) is 1. The van der Waals surface area contributed by atoms with E-state index in [9.17, 15) is 9.18 Å². The molecule has 0 bridgehead atoms. The lowest BCUT2D eigenvalue weighted by atomic mass is 10.0. The molecular weight excluding hydrogens is 321 g/mol. The maximum Gasteiger partial charge on any atom is 0.308 e. The van der Waals surface area contributed by atoms with Crippen LogP contribution in [0.25, 0.3) is 10.9 Å². The molecule has 1 atom stereocenters. The third-order valence-electron chi connectivity index (χ3n) is 3.96. The third-order valence-corrected chi connectivity index (χ3v) is 3.96. The largest absolute Gasteiger partial charge is 0.469 e. The summed E-state index contributed by atoms with van der Waals surface area (Å²) in [5.41, 5.74) is 2.52. The Morgan fingerprint density at radius 1 is 1.20 bits per heavy atom. The monoisotopic (exact) mass is 339 g/mol. The molecule has 1 heterocycles. The first-order chi connectivity index (χ1) is 12.1. The van der Waals surface area contributed by atoms with Crippen molar-refractivity contribution < 1.29 is 13.9 Å². The first kappa shape index (κ1) is 16.8. The number of nitrogens with one attached hydrogen (secondary N) is 1. The number of carbonyl (C=O) groups is 1. The molecule has 0 saturated heterocycles. The second-order valence-corrected chi connectivity index (χ2v) is 5.83. The Bertz CT molecular complexity index is 897. The van der Waals surface area contributed by atoms with Crippen LogP contribution in [0.5, 0.6) is 0 Å². The van der Waals surface area contributed by atoms with Crippen LogP contribution >= 0.6 is 0 Å². The molecule has 1 unspecified atom stereocenters. The molecule has 0 aliphatic heterocycles. The van der Waals surface area contributed by atoms with E-state index in [0.717, 1.165) is 11.3 Å². The molecule has 0 spiro atoms. The predicted molar refractivity (Wildman–Crippen MR) is 94.1 cm³/mol. The van der Waals surface area contributed by atoms with Crippen LogP contribution in [0.15, 0.2) is 48.8 Å². The summed E-state index contributed by atoms with van der Waals surface area (Å²) in [5, 5.41) is 3.80. The summed E-state index contributed by atoms with van der Waals surface area (Å²) in [4.78, 5) is 19.8. The Balaban J connectivity index is 1.78. The van der Waals surface area contributed by atoms with Gasteiger partial charge in [-0.2, -0.15) is 0 Å². The van der Waals surface area contributed by atoms with Gasteiger partial charge in [-0.05, 0) is 42.3 Å². The minimum Gasteiger partial charge on any atom is -0.469 e.